The molecule has 4 aliphatic rings. The summed E-state index contributed by atoms with van der Waals surface area (Å²) < 4.78 is 0. The third-order valence-electron chi connectivity index (χ3n) is 10.4. The Bertz CT molecular complexity index is 480. The van der Waals surface area contributed by atoms with Gasteiger partial charge in [0.25, 0.3) is 0 Å². The number of hydrogen-bond acceptors (Lipinski definition) is 0. The first-order valence-electron chi connectivity index (χ1n) is 11.9. The Balaban J connectivity index is 1.61. The Morgan fingerprint density at radius 1 is 0.920 bits per heavy atom. The van der Waals surface area contributed by atoms with Crippen LogP contribution in [0, 0.1) is 52.3 Å². The lowest BCUT2D eigenvalue weighted by molar-refractivity contribution is -0.144. The number of rotatable bonds is 3. The van der Waals surface area contributed by atoms with Gasteiger partial charge in [0, 0.05) is 0 Å². The van der Waals surface area contributed by atoms with Crippen molar-refractivity contribution in [1.82, 2.24) is 0 Å². The Morgan fingerprint density at radius 3 is 2.44 bits per heavy atom. The minimum atomic E-state index is 0.679. The Morgan fingerprint density at radius 2 is 1.72 bits per heavy atom. The van der Waals surface area contributed by atoms with E-state index in [2.05, 4.69) is 34.6 Å². The van der Waals surface area contributed by atoms with Crippen molar-refractivity contribution in [2.24, 2.45) is 52.3 Å². The van der Waals surface area contributed by atoms with E-state index in [9.17, 15) is 0 Å². The maximum Gasteiger partial charge on any atom is -0.0264 e. The fourth-order valence-electron chi connectivity index (χ4n) is 9.36. The van der Waals surface area contributed by atoms with Crippen LogP contribution in [0.5, 0.6) is 0 Å². The smallest absolute Gasteiger partial charge is 0.0264 e. The van der Waals surface area contributed by atoms with Crippen molar-refractivity contribution < 1.29 is 0 Å². The molecule has 0 aliphatic heterocycles. The van der Waals surface area contributed by atoms with E-state index in [1.54, 1.807) is 44.9 Å². The molecule has 0 amide bonds. The minimum absolute atomic E-state index is 0.679. The van der Waals surface area contributed by atoms with Crippen molar-refractivity contribution in [2.45, 2.75) is 105 Å². The van der Waals surface area contributed by atoms with Crippen LogP contribution in [-0.4, -0.2) is 0 Å². The summed E-state index contributed by atoms with van der Waals surface area (Å²) in [6.07, 6.45) is 16.7. The van der Waals surface area contributed by atoms with Crippen molar-refractivity contribution in [3.63, 3.8) is 0 Å². The van der Waals surface area contributed by atoms with Gasteiger partial charge >= 0.3 is 0 Å². The monoisotopic (exact) mass is 344 g/mol. The van der Waals surface area contributed by atoms with Crippen LogP contribution in [0.4, 0.5) is 0 Å². The highest BCUT2D eigenvalue weighted by molar-refractivity contribution is 5.10. The first kappa shape index (κ1) is 18.4. The standard InChI is InChI=1S/C25H44/c1-6-8-19-10-12-22-21-11-9-20-15-18(7-2)13-14-24(20,4)23(21)17(3)16-25(19,22)5/h17-23H,6-16H2,1-5H3/t17?,18-,19-,20?,21?,22?,23?,24?,25?/m0/s1. The van der Waals surface area contributed by atoms with Crippen molar-refractivity contribution in [3.8, 4) is 0 Å². The zero-order chi connectivity index (χ0) is 17.8. The first-order valence-corrected chi connectivity index (χ1v) is 11.9. The Kier molecular flexibility index (Phi) is 4.82. The highest BCUT2D eigenvalue weighted by atomic mass is 14.7. The summed E-state index contributed by atoms with van der Waals surface area (Å²) in [7, 11) is 0. The summed E-state index contributed by atoms with van der Waals surface area (Å²) in [5.41, 5.74) is 1.36. The summed E-state index contributed by atoms with van der Waals surface area (Å²) in [6, 6.07) is 0. The summed E-state index contributed by atoms with van der Waals surface area (Å²) in [5, 5.41) is 0. The number of fused-ring (bicyclic) bond motifs is 5. The summed E-state index contributed by atoms with van der Waals surface area (Å²) >= 11 is 0. The lowest BCUT2D eigenvalue weighted by Crippen LogP contribution is -2.56. The molecule has 0 aromatic rings. The molecule has 4 fully saturated rings. The van der Waals surface area contributed by atoms with Crippen LogP contribution in [-0.2, 0) is 0 Å². The van der Waals surface area contributed by atoms with Gasteiger partial charge in [0.05, 0.1) is 0 Å². The molecular formula is C25H44. The SMILES string of the molecule is CCC[C@H]1CCC2C3CCC4C[C@@H](CC)CCC4(C)C3C(C)CC21C. The van der Waals surface area contributed by atoms with Crippen LogP contribution in [0.1, 0.15) is 105 Å². The molecule has 0 bridgehead atoms. The predicted octanol–water partition coefficient (Wildman–Crippen LogP) is 7.72. The van der Waals surface area contributed by atoms with E-state index in [0.717, 1.165) is 41.4 Å². The van der Waals surface area contributed by atoms with Gasteiger partial charge in [0.1, 0.15) is 0 Å². The molecule has 0 N–H and O–H groups in total. The maximum absolute atomic E-state index is 2.75. The fraction of sp³-hybridized carbons (Fsp3) is 1.00. The lowest BCUT2D eigenvalue weighted by Gasteiger charge is -2.63. The highest BCUT2D eigenvalue weighted by Crippen LogP contribution is 2.69. The average Bonchev–Trinajstić information content (AvgIpc) is 2.90. The molecule has 25 heavy (non-hydrogen) atoms. The van der Waals surface area contributed by atoms with Crippen molar-refractivity contribution in [3.05, 3.63) is 0 Å². The van der Waals surface area contributed by atoms with Crippen molar-refractivity contribution in [2.75, 3.05) is 0 Å². The van der Waals surface area contributed by atoms with Crippen LogP contribution in [0.3, 0.4) is 0 Å². The zero-order valence-corrected chi connectivity index (χ0v) is 17.8. The van der Waals surface area contributed by atoms with Crippen LogP contribution >= 0.6 is 0 Å². The second-order valence-electron chi connectivity index (χ2n) is 11.4. The van der Waals surface area contributed by atoms with Crippen molar-refractivity contribution in [1.29, 1.82) is 0 Å². The van der Waals surface area contributed by atoms with Gasteiger partial charge in [-0.3, -0.25) is 0 Å². The molecule has 0 aromatic carbocycles. The average molecular weight is 345 g/mol. The van der Waals surface area contributed by atoms with Crippen molar-refractivity contribution >= 4 is 0 Å². The predicted molar refractivity (Wildman–Crippen MR) is 108 cm³/mol. The molecule has 0 spiro atoms. The molecule has 0 nitrogen and oxygen atoms in total. The van der Waals surface area contributed by atoms with Gasteiger partial charge in [0.15, 0.2) is 0 Å². The molecule has 9 atom stereocenters. The molecule has 0 radical (unpaired) electrons. The third kappa shape index (κ3) is 2.67. The second kappa shape index (κ2) is 6.56. The molecule has 0 saturated heterocycles. The van der Waals surface area contributed by atoms with E-state index in [4.69, 9.17) is 0 Å². The summed E-state index contributed by atoms with van der Waals surface area (Å²) in [4.78, 5) is 0. The van der Waals surface area contributed by atoms with E-state index in [1.165, 1.54) is 25.7 Å². The van der Waals surface area contributed by atoms with E-state index >= 15 is 0 Å². The highest BCUT2D eigenvalue weighted by Gasteiger charge is 2.61. The van der Waals surface area contributed by atoms with Crippen LogP contribution < -0.4 is 0 Å². The zero-order valence-electron chi connectivity index (χ0n) is 17.8. The normalized spacial score (nSPS) is 55.3. The molecule has 0 heterocycles. The lowest BCUT2D eigenvalue weighted by atomic mass is 9.42. The van der Waals surface area contributed by atoms with Crippen LogP contribution in [0.2, 0.25) is 0 Å². The van der Waals surface area contributed by atoms with Crippen LogP contribution in [0.15, 0.2) is 0 Å². The first-order chi connectivity index (χ1) is 11.9. The van der Waals surface area contributed by atoms with E-state index in [-0.39, 0.29) is 0 Å². The van der Waals surface area contributed by atoms with E-state index in [1.807, 2.05) is 0 Å². The van der Waals surface area contributed by atoms with E-state index in [0.29, 0.717) is 10.8 Å². The largest absolute Gasteiger partial charge is 0.0654 e. The molecule has 4 saturated carbocycles. The van der Waals surface area contributed by atoms with Gasteiger partial charge in [-0.15, -0.1) is 0 Å². The summed E-state index contributed by atoms with van der Waals surface area (Å²) in [5.74, 6) is 7.26. The van der Waals surface area contributed by atoms with Gasteiger partial charge in [-0.25, -0.2) is 0 Å². The molecule has 144 valence electrons. The van der Waals surface area contributed by atoms with Crippen LogP contribution in [0.25, 0.3) is 0 Å². The topological polar surface area (TPSA) is 0 Å². The van der Waals surface area contributed by atoms with Gasteiger partial charge < -0.3 is 0 Å². The fourth-order valence-corrected chi connectivity index (χ4v) is 9.36. The molecule has 4 rings (SSSR count). The summed E-state index contributed by atoms with van der Waals surface area (Å²) in [6.45, 7) is 13.0. The minimum Gasteiger partial charge on any atom is -0.0654 e. The van der Waals surface area contributed by atoms with E-state index < -0.39 is 0 Å². The molecular weight excluding hydrogens is 300 g/mol. The quantitative estimate of drug-likeness (QED) is 0.491. The maximum atomic E-state index is 2.75. The van der Waals surface area contributed by atoms with Gasteiger partial charge in [-0.05, 0) is 104 Å². The third-order valence-corrected chi connectivity index (χ3v) is 10.4. The van der Waals surface area contributed by atoms with Gasteiger partial charge in [0.2, 0.25) is 0 Å². The van der Waals surface area contributed by atoms with Gasteiger partial charge in [-0.1, -0.05) is 53.9 Å². The Labute approximate surface area is 157 Å². The molecule has 0 heteroatoms. The second-order valence-corrected chi connectivity index (χ2v) is 11.4. The molecule has 0 aromatic heterocycles. The number of hydrogen-bond donors (Lipinski definition) is 0. The van der Waals surface area contributed by atoms with Gasteiger partial charge in [-0.2, -0.15) is 0 Å². The Hall–Kier alpha value is 0. The molecule has 4 aliphatic carbocycles. The molecule has 7 unspecified atom stereocenters.